The van der Waals surface area contributed by atoms with E-state index in [0.717, 1.165) is 0 Å². The molecule has 0 heterocycles. The molecule has 0 aromatic rings. The van der Waals surface area contributed by atoms with Gasteiger partial charge >= 0.3 is 12.3 Å². The second kappa shape index (κ2) is 5.94. The molecule has 0 aromatic carbocycles. The Morgan fingerprint density at radius 2 is 2.07 bits per heavy atom. The van der Waals surface area contributed by atoms with Crippen molar-refractivity contribution < 1.29 is 22.3 Å². The molecule has 0 amide bonds. The molecular weight excluding hydrogens is 204 g/mol. The maximum absolute atomic E-state index is 12.3. The summed E-state index contributed by atoms with van der Waals surface area (Å²) < 4.78 is 52.1. The fourth-order valence-electron chi connectivity index (χ4n) is 0.569. The Hall–Kier alpha value is -0.660. The molecule has 0 bridgehead atoms. The second-order valence-corrected chi connectivity index (χ2v) is 2.59. The Labute approximate surface area is 78.9 Å². The van der Waals surface area contributed by atoms with Gasteiger partial charge in [-0.05, 0) is 0 Å². The molecule has 0 fully saturated rings. The van der Waals surface area contributed by atoms with Crippen molar-refractivity contribution in [3.63, 3.8) is 0 Å². The lowest BCUT2D eigenvalue weighted by Crippen LogP contribution is -2.39. The number of alkyl halides is 4. The number of hydrazine groups is 1. The van der Waals surface area contributed by atoms with Gasteiger partial charge in [0, 0.05) is 0 Å². The molecule has 0 spiro atoms. The van der Waals surface area contributed by atoms with Gasteiger partial charge in [0.1, 0.15) is 6.61 Å². The highest BCUT2D eigenvalue weighted by molar-refractivity contribution is 4.83. The number of ether oxygens (including phenoxy) is 1. The molecule has 3 N–H and O–H groups in total. The highest BCUT2D eigenvalue weighted by Gasteiger charge is 2.40. The zero-order chi connectivity index (χ0) is 11.2. The van der Waals surface area contributed by atoms with Gasteiger partial charge in [-0.1, -0.05) is 6.08 Å². The molecule has 14 heavy (non-hydrogen) atoms. The average molecular weight is 216 g/mol. The largest absolute Gasteiger partial charge is 0.373 e. The van der Waals surface area contributed by atoms with Crippen LogP contribution in [-0.2, 0) is 4.74 Å². The third-order valence-electron chi connectivity index (χ3n) is 1.41. The molecule has 0 aromatic heterocycles. The molecule has 0 aliphatic carbocycles. The standard InChI is InChI=1S/C7H12F4N2O/c1-2-5(13-12)3-14-4-7(10,11)6(8)9/h2,5-6,13H,1,3-4,12H2. The number of nitrogens with two attached hydrogens (primary N) is 1. The average Bonchev–Trinajstić information content (AvgIpc) is 2.12. The summed E-state index contributed by atoms with van der Waals surface area (Å²) in [6.45, 7) is 1.75. The van der Waals surface area contributed by atoms with E-state index in [0.29, 0.717) is 0 Å². The SMILES string of the molecule is C=CC(COCC(F)(F)C(F)F)NN. The van der Waals surface area contributed by atoms with Gasteiger partial charge in [-0.2, -0.15) is 8.78 Å². The zero-order valence-electron chi connectivity index (χ0n) is 7.35. The number of rotatable bonds is 7. The smallest absolute Gasteiger partial charge is 0.330 e. The molecule has 0 aliphatic rings. The molecule has 0 saturated carbocycles. The van der Waals surface area contributed by atoms with Crippen LogP contribution in [0.2, 0.25) is 0 Å². The van der Waals surface area contributed by atoms with Crippen LogP contribution in [0, 0.1) is 0 Å². The van der Waals surface area contributed by atoms with Gasteiger partial charge in [-0.25, -0.2) is 8.78 Å². The summed E-state index contributed by atoms with van der Waals surface area (Å²) in [5.74, 6) is 0.831. The van der Waals surface area contributed by atoms with Crippen LogP contribution in [0.15, 0.2) is 12.7 Å². The third-order valence-corrected chi connectivity index (χ3v) is 1.41. The van der Waals surface area contributed by atoms with Crippen LogP contribution in [0.25, 0.3) is 0 Å². The summed E-state index contributed by atoms with van der Waals surface area (Å²) >= 11 is 0. The first kappa shape index (κ1) is 13.3. The van der Waals surface area contributed by atoms with Crippen LogP contribution in [0.3, 0.4) is 0 Å². The van der Waals surface area contributed by atoms with Crippen molar-refractivity contribution >= 4 is 0 Å². The lowest BCUT2D eigenvalue weighted by atomic mass is 10.3. The van der Waals surface area contributed by atoms with E-state index >= 15 is 0 Å². The van der Waals surface area contributed by atoms with Gasteiger partial charge < -0.3 is 4.74 Å². The normalized spacial score (nSPS) is 14.4. The quantitative estimate of drug-likeness (QED) is 0.288. The van der Waals surface area contributed by atoms with Gasteiger partial charge in [0.05, 0.1) is 12.6 Å². The molecule has 1 unspecified atom stereocenters. The Balaban J connectivity index is 3.77. The predicted octanol–water partition coefficient (Wildman–Crippen LogP) is 0.921. The maximum Gasteiger partial charge on any atom is 0.330 e. The molecule has 7 heteroatoms. The van der Waals surface area contributed by atoms with Crippen molar-refractivity contribution in [2.75, 3.05) is 13.2 Å². The monoisotopic (exact) mass is 216 g/mol. The van der Waals surface area contributed by atoms with Crippen LogP contribution < -0.4 is 11.3 Å². The Kier molecular flexibility index (Phi) is 5.66. The van der Waals surface area contributed by atoms with Gasteiger partial charge in [-0.15, -0.1) is 6.58 Å². The summed E-state index contributed by atoms with van der Waals surface area (Å²) in [6.07, 6.45) is -2.41. The summed E-state index contributed by atoms with van der Waals surface area (Å²) in [5, 5.41) is 0. The van der Waals surface area contributed by atoms with E-state index < -0.39 is 25.0 Å². The van der Waals surface area contributed by atoms with E-state index in [1.54, 1.807) is 0 Å². The first-order valence-corrected chi connectivity index (χ1v) is 3.76. The van der Waals surface area contributed by atoms with Gasteiger partial charge in [0.2, 0.25) is 0 Å². The van der Waals surface area contributed by atoms with E-state index in [-0.39, 0.29) is 6.61 Å². The predicted molar refractivity (Wildman–Crippen MR) is 43.1 cm³/mol. The first-order valence-electron chi connectivity index (χ1n) is 3.76. The molecule has 0 rings (SSSR count). The van der Waals surface area contributed by atoms with Crippen molar-refractivity contribution in [2.45, 2.75) is 18.4 Å². The number of halogens is 4. The van der Waals surface area contributed by atoms with Gasteiger partial charge in [0.15, 0.2) is 0 Å². The summed E-state index contributed by atoms with van der Waals surface area (Å²) in [6, 6.07) is -0.538. The highest BCUT2D eigenvalue weighted by atomic mass is 19.3. The van der Waals surface area contributed by atoms with E-state index in [2.05, 4.69) is 16.7 Å². The topological polar surface area (TPSA) is 47.3 Å². The Morgan fingerprint density at radius 3 is 2.43 bits per heavy atom. The van der Waals surface area contributed by atoms with E-state index in [9.17, 15) is 17.6 Å². The van der Waals surface area contributed by atoms with Crippen molar-refractivity contribution in [3.05, 3.63) is 12.7 Å². The van der Waals surface area contributed by atoms with Crippen molar-refractivity contribution in [1.82, 2.24) is 5.43 Å². The third kappa shape index (κ3) is 4.54. The Bertz CT molecular complexity index is 177. The van der Waals surface area contributed by atoms with E-state index in [1.807, 2.05) is 0 Å². The van der Waals surface area contributed by atoms with Crippen LogP contribution in [0.4, 0.5) is 17.6 Å². The summed E-state index contributed by atoms with van der Waals surface area (Å²) in [7, 11) is 0. The van der Waals surface area contributed by atoms with Gasteiger partial charge in [-0.3, -0.25) is 11.3 Å². The summed E-state index contributed by atoms with van der Waals surface area (Å²) in [5.41, 5.74) is 2.19. The fraction of sp³-hybridized carbons (Fsp3) is 0.714. The lowest BCUT2D eigenvalue weighted by Gasteiger charge is -2.17. The summed E-state index contributed by atoms with van der Waals surface area (Å²) in [4.78, 5) is 0. The van der Waals surface area contributed by atoms with Crippen molar-refractivity contribution in [1.29, 1.82) is 0 Å². The van der Waals surface area contributed by atoms with Crippen molar-refractivity contribution in [3.8, 4) is 0 Å². The Morgan fingerprint density at radius 1 is 1.50 bits per heavy atom. The molecule has 3 nitrogen and oxygen atoms in total. The van der Waals surface area contributed by atoms with Crippen LogP contribution in [0.1, 0.15) is 0 Å². The molecule has 84 valence electrons. The van der Waals surface area contributed by atoms with Crippen LogP contribution in [-0.4, -0.2) is 31.6 Å². The van der Waals surface area contributed by atoms with Gasteiger partial charge in [0.25, 0.3) is 0 Å². The highest BCUT2D eigenvalue weighted by Crippen LogP contribution is 2.22. The molecule has 0 aliphatic heterocycles. The lowest BCUT2D eigenvalue weighted by molar-refractivity contribution is -0.166. The maximum atomic E-state index is 12.3. The zero-order valence-corrected chi connectivity index (χ0v) is 7.35. The van der Waals surface area contributed by atoms with Crippen LogP contribution in [0.5, 0.6) is 0 Å². The fourth-order valence-corrected chi connectivity index (χ4v) is 0.569. The molecule has 0 radical (unpaired) electrons. The molecular formula is C7H12F4N2O. The second-order valence-electron chi connectivity index (χ2n) is 2.59. The van der Waals surface area contributed by atoms with E-state index in [1.165, 1.54) is 6.08 Å². The number of hydrogen-bond donors (Lipinski definition) is 2. The van der Waals surface area contributed by atoms with Crippen molar-refractivity contribution in [2.24, 2.45) is 5.84 Å². The van der Waals surface area contributed by atoms with Crippen LogP contribution >= 0.6 is 0 Å². The minimum atomic E-state index is -4.12. The number of hydrogen-bond acceptors (Lipinski definition) is 3. The molecule has 0 saturated heterocycles. The molecule has 1 atom stereocenters. The minimum absolute atomic E-state index is 0.234. The minimum Gasteiger partial charge on any atom is -0.373 e. The first-order chi connectivity index (χ1) is 6.44. The van der Waals surface area contributed by atoms with E-state index in [4.69, 9.17) is 5.84 Å². The number of nitrogens with one attached hydrogen (secondary N) is 1.